The van der Waals surface area contributed by atoms with E-state index >= 15 is 0 Å². The van der Waals surface area contributed by atoms with Gasteiger partial charge < -0.3 is 10.2 Å². The fraction of sp³-hybridized carbons (Fsp3) is 0.0714. The average Bonchev–Trinajstić information content (AvgIpc) is 2.83. The van der Waals surface area contributed by atoms with Crippen LogP contribution in [0.5, 0.6) is 0 Å². The van der Waals surface area contributed by atoms with E-state index in [1.165, 1.54) is 18.2 Å². The summed E-state index contributed by atoms with van der Waals surface area (Å²) < 4.78 is 30.7. The molecule has 6 heteroatoms. The van der Waals surface area contributed by atoms with Crippen molar-refractivity contribution in [3.63, 3.8) is 0 Å². The number of aromatic nitrogens is 1. The molecule has 0 saturated heterocycles. The third-order valence-electron chi connectivity index (χ3n) is 2.81. The second-order valence-corrected chi connectivity index (χ2v) is 5.70. The lowest BCUT2D eigenvalue weighted by Gasteiger charge is -1.99. The van der Waals surface area contributed by atoms with Crippen LogP contribution in [0.25, 0.3) is 11.1 Å². The molecule has 3 aromatic rings. The molecule has 20 heavy (non-hydrogen) atoms. The molecule has 0 bridgehead atoms. The van der Waals surface area contributed by atoms with Crippen LogP contribution in [0.3, 0.4) is 0 Å². The number of fused-ring (bicyclic) bond motifs is 1. The first-order valence-electron chi connectivity index (χ1n) is 5.91. The van der Waals surface area contributed by atoms with Crippen LogP contribution in [0.1, 0.15) is 5.89 Å². The van der Waals surface area contributed by atoms with Crippen molar-refractivity contribution < 1.29 is 13.0 Å². The molecule has 1 aromatic heterocycles. The minimum absolute atomic E-state index is 0.0809. The largest absolute Gasteiger partial charge is 0.440 e. The number of para-hydroxylation sites is 1. The van der Waals surface area contributed by atoms with Crippen molar-refractivity contribution in [2.45, 2.75) is 10.6 Å². The molecule has 0 aliphatic carbocycles. The lowest BCUT2D eigenvalue weighted by molar-refractivity contribution is 0.552. The molecule has 1 atom stereocenters. The van der Waals surface area contributed by atoms with E-state index in [2.05, 4.69) is 4.98 Å². The van der Waals surface area contributed by atoms with Crippen LogP contribution < -0.4 is 5.73 Å². The van der Waals surface area contributed by atoms with Crippen molar-refractivity contribution in [1.29, 1.82) is 0 Å². The Kier molecular flexibility index (Phi) is 3.23. The summed E-state index contributed by atoms with van der Waals surface area (Å²) in [5.74, 6) is -0.0180. The third-order valence-corrected chi connectivity index (χ3v) is 4.10. The second kappa shape index (κ2) is 5.05. The van der Waals surface area contributed by atoms with Crippen LogP contribution in [0.15, 0.2) is 51.8 Å². The molecular formula is C14H11FN2O2S. The van der Waals surface area contributed by atoms with Crippen molar-refractivity contribution >= 4 is 27.6 Å². The Morgan fingerprint density at radius 1 is 1.25 bits per heavy atom. The Bertz CT molecular complexity index is 801. The molecular weight excluding hydrogens is 279 g/mol. The number of rotatable bonds is 3. The number of nitrogen functional groups attached to an aromatic ring is 1. The monoisotopic (exact) mass is 290 g/mol. The average molecular weight is 290 g/mol. The first-order valence-corrected chi connectivity index (χ1v) is 7.23. The number of hydrogen-bond acceptors (Lipinski definition) is 4. The highest BCUT2D eigenvalue weighted by molar-refractivity contribution is 7.84. The molecule has 102 valence electrons. The predicted molar refractivity (Wildman–Crippen MR) is 74.9 cm³/mol. The van der Waals surface area contributed by atoms with Crippen LogP contribution in [0.2, 0.25) is 0 Å². The van der Waals surface area contributed by atoms with E-state index in [4.69, 9.17) is 10.2 Å². The second-order valence-electron chi connectivity index (χ2n) is 4.25. The Balaban J connectivity index is 1.89. The maximum Gasteiger partial charge on any atom is 0.208 e. The maximum atomic E-state index is 13.1. The van der Waals surface area contributed by atoms with Gasteiger partial charge in [0.15, 0.2) is 5.58 Å². The maximum absolute atomic E-state index is 13.1. The van der Waals surface area contributed by atoms with Crippen molar-refractivity contribution in [1.82, 2.24) is 4.98 Å². The van der Waals surface area contributed by atoms with Gasteiger partial charge in [0.05, 0.1) is 16.5 Å². The quantitative estimate of drug-likeness (QED) is 0.753. The summed E-state index contributed by atoms with van der Waals surface area (Å²) in [4.78, 5) is 4.62. The van der Waals surface area contributed by atoms with E-state index in [1.54, 1.807) is 24.3 Å². The molecule has 1 unspecified atom stereocenters. The van der Waals surface area contributed by atoms with Gasteiger partial charge in [0.25, 0.3) is 0 Å². The molecule has 0 fully saturated rings. The van der Waals surface area contributed by atoms with Gasteiger partial charge in [-0.2, -0.15) is 0 Å². The molecule has 0 radical (unpaired) electrons. The molecule has 0 aliphatic rings. The lowest BCUT2D eigenvalue weighted by Crippen LogP contribution is -1.97. The van der Waals surface area contributed by atoms with Gasteiger partial charge in [0, 0.05) is 4.90 Å². The van der Waals surface area contributed by atoms with E-state index in [1.807, 2.05) is 0 Å². The first-order chi connectivity index (χ1) is 9.63. The van der Waals surface area contributed by atoms with E-state index in [0.717, 1.165) is 0 Å². The van der Waals surface area contributed by atoms with Crippen LogP contribution in [0.4, 0.5) is 10.1 Å². The van der Waals surface area contributed by atoms with Gasteiger partial charge in [0.2, 0.25) is 5.89 Å². The summed E-state index contributed by atoms with van der Waals surface area (Å²) >= 11 is 0. The normalized spacial score (nSPS) is 12.7. The van der Waals surface area contributed by atoms with Crippen LogP contribution >= 0.6 is 0 Å². The SMILES string of the molecule is Nc1cccc2oc(CS(=O)c3cccc(F)c3)nc12. The fourth-order valence-corrected chi connectivity index (χ4v) is 2.87. The highest BCUT2D eigenvalue weighted by atomic mass is 32.2. The van der Waals surface area contributed by atoms with Crippen LogP contribution in [-0.2, 0) is 16.6 Å². The number of hydrogen-bond donors (Lipinski definition) is 1. The van der Waals surface area contributed by atoms with Gasteiger partial charge >= 0.3 is 0 Å². The van der Waals surface area contributed by atoms with E-state index in [0.29, 0.717) is 27.6 Å². The Morgan fingerprint density at radius 3 is 2.80 bits per heavy atom. The third kappa shape index (κ3) is 2.42. The fourth-order valence-electron chi connectivity index (χ4n) is 1.88. The Morgan fingerprint density at radius 2 is 2.05 bits per heavy atom. The van der Waals surface area contributed by atoms with E-state index in [9.17, 15) is 8.60 Å². The van der Waals surface area contributed by atoms with Crippen LogP contribution in [-0.4, -0.2) is 9.19 Å². The molecule has 1 heterocycles. The zero-order valence-electron chi connectivity index (χ0n) is 10.4. The van der Waals surface area contributed by atoms with Gasteiger partial charge in [0.1, 0.15) is 17.1 Å². The standard InChI is InChI=1S/C14H11FN2O2S/c15-9-3-1-4-10(7-9)20(18)8-13-17-14-11(16)5-2-6-12(14)19-13/h1-7H,8,16H2. The lowest BCUT2D eigenvalue weighted by atomic mass is 10.3. The summed E-state index contributed by atoms with van der Waals surface area (Å²) in [5.41, 5.74) is 7.40. The highest BCUT2D eigenvalue weighted by Gasteiger charge is 2.13. The smallest absolute Gasteiger partial charge is 0.208 e. The molecule has 2 N–H and O–H groups in total. The molecule has 0 amide bonds. The molecule has 3 rings (SSSR count). The molecule has 4 nitrogen and oxygen atoms in total. The van der Waals surface area contributed by atoms with Crippen molar-refractivity contribution in [2.24, 2.45) is 0 Å². The molecule has 0 aliphatic heterocycles. The zero-order valence-corrected chi connectivity index (χ0v) is 11.2. The highest BCUT2D eigenvalue weighted by Crippen LogP contribution is 2.22. The number of benzene rings is 2. The Hall–Kier alpha value is -2.21. The van der Waals surface area contributed by atoms with Crippen molar-refractivity contribution in [3.8, 4) is 0 Å². The number of nitrogens with zero attached hydrogens (tertiary/aromatic N) is 1. The van der Waals surface area contributed by atoms with Crippen LogP contribution in [0, 0.1) is 5.82 Å². The predicted octanol–water partition coefficient (Wildman–Crippen LogP) is 2.86. The molecule has 2 aromatic carbocycles. The summed E-state index contributed by atoms with van der Waals surface area (Å²) in [6.07, 6.45) is 0. The number of anilines is 1. The minimum atomic E-state index is -1.42. The van der Waals surface area contributed by atoms with E-state index < -0.39 is 16.6 Å². The molecule has 0 spiro atoms. The van der Waals surface area contributed by atoms with Gasteiger partial charge in [-0.1, -0.05) is 12.1 Å². The Labute approximate surface area is 116 Å². The number of oxazole rings is 1. The number of halogens is 1. The summed E-state index contributed by atoms with van der Waals surface area (Å²) in [7, 11) is -1.42. The molecule has 0 saturated carbocycles. The minimum Gasteiger partial charge on any atom is -0.440 e. The number of nitrogens with two attached hydrogens (primary N) is 1. The van der Waals surface area contributed by atoms with Gasteiger partial charge in [-0.05, 0) is 30.3 Å². The van der Waals surface area contributed by atoms with Gasteiger partial charge in [-0.25, -0.2) is 9.37 Å². The summed E-state index contributed by atoms with van der Waals surface area (Å²) in [5, 5.41) is 0. The zero-order chi connectivity index (χ0) is 14.1. The van der Waals surface area contributed by atoms with Crippen molar-refractivity contribution in [2.75, 3.05) is 5.73 Å². The topological polar surface area (TPSA) is 69.1 Å². The first kappa shape index (κ1) is 12.8. The van der Waals surface area contributed by atoms with Gasteiger partial charge in [-0.3, -0.25) is 4.21 Å². The van der Waals surface area contributed by atoms with Crippen molar-refractivity contribution in [3.05, 3.63) is 54.2 Å². The van der Waals surface area contributed by atoms with E-state index in [-0.39, 0.29) is 5.75 Å². The summed E-state index contributed by atoms with van der Waals surface area (Å²) in [6, 6.07) is 10.9. The summed E-state index contributed by atoms with van der Waals surface area (Å²) in [6.45, 7) is 0. The van der Waals surface area contributed by atoms with Gasteiger partial charge in [-0.15, -0.1) is 0 Å².